The third-order valence-electron chi connectivity index (χ3n) is 5.80. The Morgan fingerprint density at radius 1 is 1.13 bits per heavy atom. The van der Waals surface area contributed by atoms with Crippen molar-refractivity contribution in [1.82, 2.24) is 9.29 Å². The summed E-state index contributed by atoms with van der Waals surface area (Å²) >= 11 is 0. The molecule has 2 aliphatic heterocycles. The van der Waals surface area contributed by atoms with Crippen LogP contribution in [0.1, 0.15) is 39.5 Å². The number of piperidine rings is 1. The van der Waals surface area contributed by atoms with E-state index in [9.17, 15) is 13.2 Å². The van der Waals surface area contributed by atoms with E-state index in [0.717, 1.165) is 12.2 Å². The lowest BCUT2D eigenvalue weighted by Gasteiger charge is -2.38. The Balaban J connectivity index is 1.50. The molecule has 3 atom stereocenters. The molecule has 3 heterocycles. The van der Waals surface area contributed by atoms with Crippen molar-refractivity contribution < 1.29 is 17.9 Å². The second-order valence-electron chi connectivity index (χ2n) is 8.19. The van der Waals surface area contributed by atoms with Crippen molar-refractivity contribution in [2.24, 2.45) is 5.92 Å². The number of hydrogen-bond donors (Lipinski definition) is 1. The summed E-state index contributed by atoms with van der Waals surface area (Å²) in [5.41, 5.74) is 0.679. The van der Waals surface area contributed by atoms with Gasteiger partial charge >= 0.3 is 0 Å². The van der Waals surface area contributed by atoms with Gasteiger partial charge in [-0.2, -0.15) is 4.31 Å². The molecule has 2 aromatic rings. The zero-order valence-electron chi connectivity index (χ0n) is 17.2. The second kappa shape index (κ2) is 8.35. The molecule has 1 N–H and O–H groups in total. The molecule has 1 aromatic carbocycles. The van der Waals surface area contributed by atoms with Crippen LogP contribution in [-0.2, 0) is 14.8 Å². The van der Waals surface area contributed by atoms with E-state index >= 15 is 0 Å². The molecule has 1 aromatic heterocycles. The Labute approximate surface area is 177 Å². The van der Waals surface area contributed by atoms with Crippen molar-refractivity contribution in [3.8, 4) is 5.75 Å². The van der Waals surface area contributed by atoms with Crippen molar-refractivity contribution >= 4 is 21.6 Å². The molecule has 0 aliphatic carbocycles. The molecule has 2 bridgehead atoms. The fraction of sp³-hybridized carbons (Fsp3) is 0.455. The molecule has 0 saturated carbocycles. The Morgan fingerprint density at radius 2 is 1.87 bits per heavy atom. The molecule has 7 nitrogen and oxygen atoms in total. The van der Waals surface area contributed by atoms with E-state index in [0.29, 0.717) is 24.9 Å². The molecule has 160 valence electrons. The van der Waals surface area contributed by atoms with Crippen LogP contribution in [0.4, 0.5) is 5.69 Å². The van der Waals surface area contributed by atoms with Gasteiger partial charge in [-0.3, -0.25) is 9.78 Å². The van der Waals surface area contributed by atoms with Crippen LogP contribution in [0.25, 0.3) is 0 Å². The lowest BCUT2D eigenvalue weighted by Crippen LogP contribution is -2.51. The summed E-state index contributed by atoms with van der Waals surface area (Å²) in [7, 11) is -3.68. The van der Waals surface area contributed by atoms with Gasteiger partial charge in [0.1, 0.15) is 10.6 Å². The van der Waals surface area contributed by atoms with E-state index in [1.54, 1.807) is 34.8 Å². The first-order valence-corrected chi connectivity index (χ1v) is 11.8. The molecule has 30 heavy (non-hydrogen) atoms. The molecule has 0 radical (unpaired) electrons. The molecular formula is C22H27N3O4S. The largest absolute Gasteiger partial charge is 0.491 e. The first-order chi connectivity index (χ1) is 14.4. The number of sulfonamides is 1. The number of aromatic nitrogens is 1. The van der Waals surface area contributed by atoms with E-state index < -0.39 is 10.0 Å². The van der Waals surface area contributed by atoms with Crippen molar-refractivity contribution in [3.63, 3.8) is 0 Å². The average molecular weight is 430 g/mol. The van der Waals surface area contributed by atoms with Crippen molar-refractivity contribution in [2.45, 2.75) is 62.6 Å². The topological polar surface area (TPSA) is 88.6 Å². The maximum absolute atomic E-state index is 13.2. The van der Waals surface area contributed by atoms with Gasteiger partial charge in [0, 0.05) is 30.2 Å². The van der Waals surface area contributed by atoms with Gasteiger partial charge < -0.3 is 10.1 Å². The minimum absolute atomic E-state index is 0.0447. The quantitative estimate of drug-likeness (QED) is 0.760. The predicted octanol–water partition coefficient (Wildman–Crippen LogP) is 3.44. The molecule has 8 heteroatoms. The van der Waals surface area contributed by atoms with E-state index in [1.807, 2.05) is 26.0 Å². The van der Waals surface area contributed by atoms with Gasteiger partial charge in [-0.25, -0.2) is 8.42 Å². The maximum atomic E-state index is 13.2. The molecular weight excluding hydrogens is 402 g/mol. The molecule has 1 amide bonds. The van der Waals surface area contributed by atoms with Gasteiger partial charge in [0.2, 0.25) is 15.9 Å². The number of amides is 1. The highest BCUT2D eigenvalue weighted by molar-refractivity contribution is 7.89. The Kier molecular flexibility index (Phi) is 5.79. The highest BCUT2D eigenvalue weighted by atomic mass is 32.2. The molecule has 2 saturated heterocycles. The van der Waals surface area contributed by atoms with E-state index in [2.05, 4.69) is 10.3 Å². The van der Waals surface area contributed by atoms with E-state index in [-0.39, 0.29) is 34.9 Å². The van der Waals surface area contributed by atoms with Gasteiger partial charge in [-0.1, -0.05) is 0 Å². The minimum Gasteiger partial charge on any atom is -0.491 e. The number of ether oxygens (including phenoxy) is 1. The Bertz CT molecular complexity index is 993. The molecule has 0 spiro atoms. The molecule has 2 aliphatic rings. The van der Waals surface area contributed by atoms with Crippen LogP contribution in [0.5, 0.6) is 5.75 Å². The number of hydrogen-bond acceptors (Lipinski definition) is 5. The van der Waals surface area contributed by atoms with Crippen LogP contribution in [0.15, 0.2) is 53.7 Å². The van der Waals surface area contributed by atoms with Gasteiger partial charge in [0.05, 0.1) is 12.0 Å². The number of pyridine rings is 1. The summed E-state index contributed by atoms with van der Waals surface area (Å²) < 4.78 is 33.7. The van der Waals surface area contributed by atoms with E-state index in [4.69, 9.17) is 4.74 Å². The first-order valence-electron chi connectivity index (χ1n) is 10.4. The highest BCUT2D eigenvalue weighted by Gasteiger charge is 2.50. The number of carbonyl (C=O) groups excluding carboxylic acids is 1. The smallest absolute Gasteiger partial charge is 0.245 e. The van der Waals surface area contributed by atoms with Crippen molar-refractivity contribution in [1.29, 1.82) is 0 Å². The highest BCUT2D eigenvalue weighted by Crippen LogP contribution is 2.43. The number of nitrogens with one attached hydrogen (secondary N) is 1. The third kappa shape index (κ3) is 4.06. The maximum Gasteiger partial charge on any atom is 0.245 e. The Morgan fingerprint density at radius 3 is 2.53 bits per heavy atom. The molecule has 2 fully saturated rings. The average Bonchev–Trinajstić information content (AvgIpc) is 3.04. The lowest BCUT2D eigenvalue weighted by molar-refractivity contribution is -0.122. The summed E-state index contributed by atoms with van der Waals surface area (Å²) in [6.45, 7) is 3.91. The van der Waals surface area contributed by atoms with Gasteiger partial charge in [-0.05, 0) is 75.9 Å². The van der Waals surface area contributed by atoms with Crippen LogP contribution >= 0.6 is 0 Å². The van der Waals surface area contributed by atoms with Crippen LogP contribution < -0.4 is 10.1 Å². The fourth-order valence-electron chi connectivity index (χ4n) is 4.53. The number of carbonyl (C=O) groups is 1. The van der Waals surface area contributed by atoms with Crippen LogP contribution in [-0.4, -0.2) is 41.8 Å². The summed E-state index contributed by atoms with van der Waals surface area (Å²) in [6.07, 6.45) is 5.87. The molecule has 4 rings (SSSR count). The Hall–Kier alpha value is -2.45. The number of benzene rings is 1. The lowest BCUT2D eigenvalue weighted by atomic mass is 9.91. The predicted molar refractivity (Wildman–Crippen MR) is 114 cm³/mol. The zero-order valence-corrected chi connectivity index (χ0v) is 18.0. The van der Waals surface area contributed by atoms with Gasteiger partial charge in [0.15, 0.2) is 0 Å². The van der Waals surface area contributed by atoms with Crippen LogP contribution in [0.2, 0.25) is 0 Å². The first kappa shape index (κ1) is 20.8. The van der Waals surface area contributed by atoms with Crippen LogP contribution in [0, 0.1) is 5.92 Å². The summed E-state index contributed by atoms with van der Waals surface area (Å²) in [5.74, 6) is 0.235. The van der Waals surface area contributed by atoms with Gasteiger partial charge in [-0.15, -0.1) is 0 Å². The fourth-order valence-corrected chi connectivity index (χ4v) is 6.43. The second-order valence-corrected chi connectivity index (χ2v) is 10.0. The number of nitrogens with zero attached hydrogens (tertiary/aromatic N) is 2. The monoisotopic (exact) mass is 429 g/mol. The standard InChI is InChI=1S/C22H27N3O4S/c1-15(2)29-18-9-5-16(6-10-18)24-22(26)20-11-7-17-8-12-21(20)25(17)30(27,28)19-4-3-13-23-14-19/h3-6,9-10,13-15,17,20-21H,7-8,11-12H2,1-2H3,(H,24,26)/t17-,20-,21-/m1/s1. The number of rotatable bonds is 6. The summed E-state index contributed by atoms with van der Waals surface area (Å²) in [6, 6.07) is 10.1. The zero-order chi connectivity index (χ0) is 21.3. The van der Waals surface area contributed by atoms with Crippen molar-refractivity contribution in [2.75, 3.05) is 5.32 Å². The van der Waals surface area contributed by atoms with E-state index in [1.165, 1.54) is 6.20 Å². The normalized spacial score (nSPS) is 24.0. The number of anilines is 1. The third-order valence-corrected chi connectivity index (χ3v) is 7.76. The molecule has 0 unspecified atom stereocenters. The summed E-state index contributed by atoms with van der Waals surface area (Å²) in [5, 5.41) is 2.96. The minimum atomic E-state index is -3.68. The SMILES string of the molecule is CC(C)Oc1ccc(NC(=O)[C@@H]2CC[C@@H]3CC[C@H]2N3S(=O)(=O)c2cccnc2)cc1. The van der Waals surface area contributed by atoms with Crippen LogP contribution in [0.3, 0.4) is 0 Å². The van der Waals surface area contributed by atoms with Gasteiger partial charge in [0.25, 0.3) is 0 Å². The number of fused-ring (bicyclic) bond motifs is 2. The van der Waals surface area contributed by atoms with Crippen molar-refractivity contribution in [3.05, 3.63) is 48.8 Å². The summed E-state index contributed by atoms with van der Waals surface area (Å²) in [4.78, 5) is 17.2.